The van der Waals surface area contributed by atoms with Crippen molar-refractivity contribution in [2.75, 3.05) is 18.5 Å². The molecule has 1 N–H and O–H groups in total. The molecule has 0 spiro atoms. The van der Waals surface area contributed by atoms with Crippen molar-refractivity contribution in [3.8, 4) is 0 Å². The molecular formula is C14H25N3S. The van der Waals surface area contributed by atoms with Gasteiger partial charge in [-0.2, -0.15) is 0 Å². The van der Waals surface area contributed by atoms with Crippen LogP contribution in [0, 0.1) is 11.8 Å². The number of hydrogen-bond acceptors (Lipinski definition) is 4. The van der Waals surface area contributed by atoms with E-state index in [1.807, 2.05) is 7.05 Å². The summed E-state index contributed by atoms with van der Waals surface area (Å²) in [5.74, 6) is 1.52. The molecule has 0 saturated carbocycles. The molecule has 1 aromatic heterocycles. The number of thiazole rings is 1. The second-order valence-electron chi connectivity index (χ2n) is 5.78. The third-order valence-electron chi connectivity index (χ3n) is 4.23. The van der Waals surface area contributed by atoms with Crippen LogP contribution < -0.4 is 10.2 Å². The lowest BCUT2D eigenvalue weighted by molar-refractivity contribution is 0.296. The van der Waals surface area contributed by atoms with Crippen LogP contribution in [-0.4, -0.2) is 24.6 Å². The van der Waals surface area contributed by atoms with Crippen LogP contribution in [0.25, 0.3) is 0 Å². The van der Waals surface area contributed by atoms with E-state index in [1.165, 1.54) is 11.6 Å². The number of hydrogen-bond donors (Lipinski definition) is 1. The van der Waals surface area contributed by atoms with E-state index in [4.69, 9.17) is 4.98 Å². The molecular weight excluding hydrogens is 242 g/mol. The van der Waals surface area contributed by atoms with Crippen molar-refractivity contribution in [2.45, 2.75) is 46.2 Å². The Morgan fingerprint density at radius 3 is 2.83 bits per heavy atom. The van der Waals surface area contributed by atoms with Crippen molar-refractivity contribution >= 4 is 16.5 Å². The van der Waals surface area contributed by atoms with Gasteiger partial charge in [0.15, 0.2) is 5.13 Å². The van der Waals surface area contributed by atoms with Crippen LogP contribution in [0.2, 0.25) is 0 Å². The summed E-state index contributed by atoms with van der Waals surface area (Å²) in [5.41, 5.74) is 1.16. The van der Waals surface area contributed by atoms with Crippen LogP contribution in [0.3, 0.4) is 0 Å². The Morgan fingerprint density at radius 2 is 2.17 bits per heavy atom. The summed E-state index contributed by atoms with van der Waals surface area (Å²) in [5, 5.41) is 6.63. The van der Waals surface area contributed by atoms with Crippen molar-refractivity contribution in [2.24, 2.45) is 11.8 Å². The van der Waals surface area contributed by atoms with Crippen LogP contribution >= 0.6 is 11.3 Å². The normalized spacial score (nSPS) is 30.5. The first kappa shape index (κ1) is 13.8. The summed E-state index contributed by atoms with van der Waals surface area (Å²) in [6.07, 6.45) is 1.34. The molecule has 1 aliphatic heterocycles. The maximum absolute atomic E-state index is 4.81. The van der Waals surface area contributed by atoms with Crippen molar-refractivity contribution in [1.82, 2.24) is 10.3 Å². The summed E-state index contributed by atoms with van der Waals surface area (Å²) in [7, 11) is 1.98. The molecule has 1 aromatic rings. The highest BCUT2D eigenvalue weighted by Gasteiger charge is 2.30. The number of piperidine rings is 1. The highest BCUT2D eigenvalue weighted by atomic mass is 32.1. The van der Waals surface area contributed by atoms with E-state index in [9.17, 15) is 0 Å². The second kappa shape index (κ2) is 5.57. The van der Waals surface area contributed by atoms with Crippen LogP contribution in [0.4, 0.5) is 5.13 Å². The van der Waals surface area contributed by atoms with Gasteiger partial charge in [0.2, 0.25) is 0 Å². The van der Waals surface area contributed by atoms with E-state index in [1.54, 1.807) is 11.3 Å². The summed E-state index contributed by atoms with van der Waals surface area (Å²) in [6, 6.07) is 0.940. The third-order valence-corrected chi connectivity index (χ3v) is 5.13. The Bertz CT molecular complexity index is 390. The molecule has 2 rings (SSSR count). The number of nitrogens with zero attached hydrogens (tertiary/aromatic N) is 2. The largest absolute Gasteiger partial charge is 0.345 e. The summed E-state index contributed by atoms with van der Waals surface area (Å²) < 4.78 is 0. The molecule has 0 aromatic carbocycles. The number of rotatable bonds is 3. The van der Waals surface area contributed by atoms with E-state index in [2.05, 4.69) is 43.3 Å². The average molecular weight is 267 g/mol. The lowest BCUT2D eigenvalue weighted by atomic mass is 9.86. The van der Waals surface area contributed by atoms with Gasteiger partial charge in [0.1, 0.15) is 0 Å². The first-order valence-corrected chi connectivity index (χ1v) is 7.80. The SMILES string of the molecule is CNC(C)c1csc(N2CC(C)CC(C)C2C)n1. The topological polar surface area (TPSA) is 28.2 Å². The highest BCUT2D eigenvalue weighted by molar-refractivity contribution is 7.13. The van der Waals surface area contributed by atoms with Crippen molar-refractivity contribution in [3.63, 3.8) is 0 Å². The molecule has 0 bridgehead atoms. The highest BCUT2D eigenvalue weighted by Crippen LogP contribution is 2.33. The number of anilines is 1. The second-order valence-corrected chi connectivity index (χ2v) is 6.61. The van der Waals surface area contributed by atoms with Crippen LogP contribution in [-0.2, 0) is 0 Å². The van der Waals surface area contributed by atoms with Gasteiger partial charge in [-0.3, -0.25) is 0 Å². The number of aromatic nitrogens is 1. The van der Waals surface area contributed by atoms with Gasteiger partial charge in [-0.1, -0.05) is 13.8 Å². The zero-order chi connectivity index (χ0) is 13.3. The first-order valence-electron chi connectivity index (χ1n) is 6.92. The molecule has 4 unspecified atom stereocenters. The number of nitrogens with one attached hydrogen (secondary N) is 1. The average Bonchev–Trinajstić information content (AvgIpc) is 2.82. The quantitative estimate of drug-likeness (QED) is 0.911. The Balaban J connectivity index is 2.17. The monoisotopic (exact) mass is 267 g/mol. The summed E-state index contributed by atoms with van der Waals surface area (Å²) in [4.78, 5) is 7.30. The zero-order valence-electron chi connectivity index (χ0n) is 12.1. The molecule has 0 aliphatic carbocycles. The van der Waals surface area contributed by atoms with Crippen LogP contribution in [0.15, 0.2) is 5.38 Å². The predicted octanol–water partition coefficient (Wildman–Crippen LogP) is 3.29. The van der Waals surface area contributed by atoms with Crippen LogP contribution in [0.1, 0.15) is 45.9 Å². The fourth-order valence-electron chi connectivity index (χ4n) is 2.72. The zero-order valence-corrected chi connectivity index (χ0v) is 12.9. The molecule has 18 heavy (non-hydrogen) atoms. The fourth-order valence-corrected chi connectivity index (χ4v) is 3.74. The van der Waals surface area contributed by atoms with Gasteiger partial charge in [-0.15, -0.1) is 11.3 Å². The Labute approximate surface area is 115 Å². The third kappa shape index (κ3) is 2.69. The molecule has 1 aliphatic rings. The minimum atomic E-state index is 0.338. The minimum absolute atomic E-state index is 0.338. The molecule has 2 heterocycles. The van der Waals surface area contributed by atoms with Gasteiger partial charge >= 0.3 is 0 Å². The van der Waals surface area contributed by atoms with E-state index in [0.29, 0.717) is 12.1 Å². The molecule has 1 saturated heterocycles. The fraction of sp³-hybridized carbons (Fsp3) is 0.786. The van der Waals surface area contributed by atoms with E-state index in [-0.39, 0.29) is 0 Å². The van der Waals surface area contributed by atoms with Gasteiger partial charge in [0.25, 0.3) is 0 Å². The molecule has 0 amide bonds. The van der Waals surface area contributed by atoms with Gasteiger partial charge < -0.3 is 10.2 Å². The van der Waals surface area contributed by atoms with E-state index >= 15 is 0 Å². The standard InChI is InChI=1S/C14H25N3S/c1-9-6-10(2)12(4)17(7-9)14-16-13(8-18-14)11(3)15-5/h8-12,15H,6-7H2,1-5H3. The molecule has 102 valence electrons. The maximum Gasteiger partial charge on any atom is 0.185 e. The molecule has 0 radical (unpaired) electrons. The Morgan fingerprint density at radius 1 is 1.44 bits per heavy atom. The lowest BCUT2D eigenvalue weighted by Gasteiger charge is -2.41. The Hall–Kier alpha value is -0.610. The van der Waals surface area contributed by atoms with E-state index in [0.717, 1.165) is 24.1 Å². The first-order chi connectivity index (χ1) is 8.52. The Kier molecular flexibility index (Phi) is 4.28. The molecule has 4 heteroatoms. The molecule has 4 atom stereocenters. The van der Waals surface area contributed by atoms with Crippen molar-refractivity contribution < 1.29 is 0 Å². The van der Waals surface area contributed by atoms with Gasteiger partial charge in [-0.05, 0) is 39.2 Å². The smallest absolute Gasteiger partial charge is 0.185 e. The van der Waals surface area contributed by atoms with Crippen molar-refractivity contribution in [3.05, 3.63) is 11.1 Å². The maximum atomic E-state index is 4.81. The predicted molar refractivity (Wildman–Crippen MR) is 79.3 cm³/mol. The summed E-state index contributed by atoms with van der Waals surface area (Å²) in [6.45, 7) is 10.3. The van der Waals surface area contributed by atoms with Gasteiger partial charge in [0.05, 0.1) is 5.69 Å². The van der Waals surface area contributed by atoms with Crippen LogP contribution in [0.5, 0.6) is 0 Å². The lowest BCUT2D eigenvalue weighted by Crippen LogP contribution is -2.45. The van der Waals surface area contributed by atoms with Crippen molar-refractivity contribution in [1.29, 1.82) is 0 Å². The summed E-state index contributed by atoms with van der Waals surface area (Å²) >= 11 is 1.78. The van der Waals surface area contributed by atoms with E-state index < -0.39 is 0 Å². The minimum Gasteiger partial charge on any atom is -0.345 e. The van der Waals surface area contributed by atoms with Gasteiger partial charge in [-0.25, -0.2) is 4.98 Å². The van der Waals surface area contributed by atoms with Gasteiger partial charge in [0, 0.05) is 24.0 Å². The molecule has 3 nitrogen and oxygen atoms in total. The molecule has 1 fully saturated rings.